The molecule has 1 aromatic rings. The number of anilines is 1. The molecule has 18 heavy (non-hydrogen) atoms. The van der Waals surface area contributed by atoms with Gasteiger partial charge in [-0.05, 0) is 18.6 Å². The molecule has 1 aliphatic heterocycles. The number of aryl methyl sites for hydroxylation is 1. The fourth-order valence-electron chi connectivity index (χ4n) is 2.23. The van der Waals surface area contributed by atoms with Gasteiger partial charge in [0.2, 0.25) is 0 Å². The summed E-state index contributed by atoms with van der Waals surface area (Å²) >= 11 is 0. The summed E-state index contributed by atoms with van der Waals surface area (Å²) in [6, 6.07) is 2.05. The summed E-state index contributed by atoms with van der Waals surface area (Å²) in [6.45, 7) is 6.33. The maximum absolute atomic E-state index is 8.55. The van der Waals surface area contributed by atoms with E-state index in [4.69, 9.17) is 10.9 Å². The molecule has 0 aliphatic carbocycles. The molecule has 1 fully saturated rings. The molecule has 3 N–H and O–H groups in total. The summed E-state index contributed by atoms with van der Waals surface area (Å²) in [4.78, 5) is 8.64. The Hall–Kier alpha value is -1.82. The van der Waals surface area contributed by atoms with Crippen molar-refractivity contribution in [2.75, 3.05) is 37.6 Å². The SMILES string of the molecule is Cc1cnccc1N1CCN(CC(N)=NO)CC1. The Balaban J connectivity index is 1.93. The minimum absolute atomic E-state index is 0.267. The molecular weight excluding hydrogens is 230 g/mol. The Bertz CT molecular complexity index is 426. The third kappa shape index (κ3) is 2.89. The first-order valence-electron chi connectivity index (χ1n) is 6.05. The summed E-state index contributed by atoms with van der Waals surface area (Å²) in [5, 5.41) is 11.6. The maximum Gasteiger partial charge on any atom is 0.153 e. The van der Waals surface area contributed by atoms with Crippen LogP contribution in [0.5, 0.6) is 0 Å². The number of nitrogens with zero attached hydrogens (tertiary/aromatic N) is 4. The molecule has 1 aliphatic rings. The molecule has 98 valence electrons. The van der Waals surface area contributed by atoms with E-state index in [0.29, 0.717) is 6.54 Å². The van der Waals surface area contributed by atoms with Crippen molar-refractivity contribution < 1.29 is 5.21 Å². The quantitative estimate of drug-likeness (QED) is 0.348. The average Bonchev–Trinajstić information content (AvgIpc) is 2.40. The molecule has 0 amide bonds. The number of piperazine rings is 1. The van der Waals surface area contributed by atoms with Gasteiger partial charge in [0.05, 0.1) is 6.54 Å². The Kier molecular flexibility index (Phi) is 3.99. The van der Waals surface area contributed by atoms with Gasteiger partial charge in [-0.1, -0.05) is 5.16 Å². The van der Waals surface area contributed by atoms with Crippen molar-refractivity contribution in [3.63, 3.8) is 0 Å². The smallest absolute Gasteiger partial charge is 0.153 e. The van der Waals surface area contributed by atoms with Gasteiger partial charge in [0.1, 0.15) is 0 Å². The van der Waals surface area contributed by atoms with Crippen molar-refractivity contribution in [1.82, 2.24) is 9.88 Å². The standard InChI is InChI=1S/C12H19N5O/c1-10-8-14-3-2-11(10)17-6-4-16(5-7-17)9-12(13)15-18/h2-3,8,18H,4-7,9H2,1H3,(H2,13,15). The fraction of sp³-hybridized carbons (Fsp3) is 0.500. The number of nitrogens with two attached hydrogens (primary N) is 1. The van der Waals surface area contributed by atoms with Gasteiger partial charge in [-0.2, -0.15) is 0 Å². The molecule has 1 saturated heterocycles. The third-order valence-electron chi connectivity index (χ3n) is 3.22. The van der Waals surface area contributed by atoms with Crippen molar-refractivity contribution in [1.29, 1.82) is 0 Å². The third-order valence-corrected chi connectivity index (χ3v) is 3.22. The van der Waals surface area contributed by atoms with Gasteiger partial charge in [-0.3, -0.25) is 9.88 Å². The molecule has 1 aromatic heterocycles. The Labute approximate surface area is 107 Å². The van der Waals surface area contributed by atoms with Crippen molar-refractivity contribution in [3.8, 4) is 0 Å². The number of pyridine rings is 1. The Morgan fingerprint density at radius 1 is 1.44 bits per heavy atom. The van der Waals surface area contributed by atoms with Gasteiger partial charge < -0.3 is 15.8 Å². The van der Waals surface area contributed by atoms with Gasteiger partial charge >= 0.3 is 0 Å². The molecule has 0 aromatic carbocycles. The van der Waals surface area contributed by atoms with E-state index in [0.717, 1.165) is 26.2 Å². The summed E-state index contributed by atoms with van der Waals surface area (Å²) in [7, 11) is 0. The number of hydrogen-bond donors (Lipinski definition) is 2. The van der Waals surface area contributed by atoms with E-state index in [1.54, 1.807) is 0 Å². The highest BCUT2D eigenvalue weighted by molar-refractivity contribution is 5.81. The van der Waals surface area contributed by atoms with E-state index in [-0.39, 0.29) is 5.84 Å². The molecule has 2 heterocycles. The highest BCUT2D eigenvalue weighted by Gasteiger charge is 2.18. The van der Waals surface area contributed by atoms with Crippen molar-refractivity contribution >= 4 is 11.5 Å². The van der Waals surface area contributed by atoms with E-state index in [1.807, 2.05) is 12.4 Å². The van der Waals surface area contributed by atoms with E-state index in [2.05, 4.69) is 32.9 Å². The number of rotatable bonds is 3. The normalized spacial score (nSPS) is 18.1. The van der Waals surface area contributed by atoms with Gasteiger partial charge in [0.15, 0.2) is 5.84 Å². The van der Waals surface area contributed by atoms with Gasteiger partial charge in [-0.15, -0.1) is 0 Å². The second-order valence-corrected chi connectivity index (χ2v) is 4.52. The van der Waals surface area contributed by atoms with Crippen LogP contribution in [0.4, 0.5) is 5.69 Å². The second kappa shape index (κ2) is 5.68. The number of amidine groups is 1. The predicted molar refractivity (Wildman–Crippen MR) is 71.0 cm³/mol. The van der Waals surface area contributed by atoms with Crippen LogP contribution in [0.1, 0.15) is 5.56 Å². The lowest BCUT2D eigenvalue weighted by Crippen LogP contribution is -2.49. The second-order valence-electron chi connectivity index (χ2n) is 4.52. The summed E-state index contributed by atoms with van der Waals surface area (Å²) in [5.41, 5.74) is 7.95. The first-order chi connectivity index (χ1) is 8.70. The molecule has 0 saturated carbocycles. The van der Waals surface area contributed by atoms with Crippen LogP contribution in [-0.4, -0.2) is 53.7 Å². The Morgan fingerprint density at radius 3 is 2.78 bits per heavy atom. The minimum Gasteiger partial charge on any atom is -0.409 e. The summed E-state index contributed by atoms with van der Waals surface area (Å²) in [6.07, 6.45) is 3.71. The topological polar surface area (TPSA) is 78.0 Å². The van der Waals surface area contributed by atoms with E-state index in [1.165, 1.54) is 11.3 Å². The minimum atomic E-state index is 0.267. The monoisotopic (exact) mass is 249 g/mol. The van der Waals surface area contributed by atoms with Crippen LogP contribution in [0.3, 0.4) is 0 Å². The van der Waals surface area contributed by atoms with Crippen LogP contribution in [-0.2, 0) is 0 Å². The van der Waals surface area contributed by atoms with Gasteiger partial charge in [0.25, 0.3) is 0 Å². The highest BCUT2D eigenvalue weighted by atomic mass is 16.4. The molecule has 0 radical (unpaired) electrons. The van der Waals surface area contributed by atoms with E-state index >= 15 is 0 Å². The van der Waals surface area contributed by atoms with E-state index < -0.39 is 0 Å². The lowest BCUT2D eigenvalue weighted by atomic mass is 10.2. The maximum atomic E-state index is 8.55. The molecule has 6 heteroatoms. The molecule has 2 rings (SSSR count). The lowest BCUT2D eigenvalue weighted by Gasteiger charge is -2.36. The fourth-order valence-corrected chi connectivity index (χ4v) is 2.23. The average molecular weight is 249 g/mol. The van der Waals surface area contributed by atoms with Crippen molar-refractivity contribution in [3.05, 3.63) is 24.0 Å². The largest absolute Gasteiger partial charge is 0.409 e. The van der Waals surface area contributed by atoms with Crippen molar-refractivity contribution in [2.24, 2.45) is 10.9 Å². The number of aromatic nitrogens is 1. The molecule has 0 bridgehead atoms. The van der Waals surface area contributed by atoms with Crippen LogP contribution in [0.2, 0.25) is 0 Å². The van der Waals surface area contributed by atoms with Crippen LogP contribution >= 0.6 is 0 Å². The summed E-state index contributed by atoms with van der Waals surface area (Å²) < 4.78 is 0. The van der Waals surface area contributed by atoms with E-state index in [9.17, 15) is 0 Å². The molecule has 0 atom stereocenters. The van der Waals surface area contributed by atoms with Crippen LogP contribution in [0.15, 0.2) is 23.6 Å². The molecule has 6 nitrogen and oxygen atoms in total. The first kappa shape index (κ1) is 12.6. The molecule has 0 spiro atoms. The lowest BCUT2D eigenvalue weighted by molar-refractivity contribution is 0.278. The van der Waals surface area contributed by atoms with Gasteiger partial charge in [0, 0.05) is 44.3 Å². The summed E-state index contributed by atoms with van der Waals surface area (Å²) in [5.74, 6) is 0.267. The zero-order valence-corrected chi connectivity index (χ0v) is 10.6. The molecular formula is C12H19N5O. The van der Waals surface area contributed by atoms with Gasteiger partial charge in [-0.25, -0.2) is 0 Å². The number of hydrogen-bond acceptors (Lipinski definition) is 5. The number of oxime groups is 1. The first-order valence-corrected chi connectivity index (χ1v) is 6.05. The van der Waals surface area contributed by atoms with Crippen LogP contribution < -0.4 is 10.6 Å². The van der Waals surface area contributed by atoms with Crippen LogP contribution in [0, 0.1) is 6.92 Å². The predicted octanol–water partition coefficient (Wildman–Crippen LogP) is 0.258. The van der Waals surface area contributed by atoms with Crippen molar-refractivity contribution in [2.45, 2.75) is 6.92 Å². The van der Waals surface area contributed by atoms with Crippen LogP contribution in [0.25, 0.3) is 0 Å². The highest BCUT2D eigenvalue weighted by Crippen LogP contribution is 2.19. The Morgan fingerprint density at radius 2 is 2.17 bits per heavy atom. The zero-order chi connectivity index (χ0) is 13.0. The zero-order valence-electron chi connectivity index (χ0n) is 10.6. The molecule has 0 unspecified atom stereocenters.